The summed E-state index contributed by atoms with van der Waals surface area (Å²) in [7, 11) is 0. The number of hydrogen-bond acceptors (Lipinski definition) is 1. The zero-order chi connectivity index (χ0) is 8.81. The molecule has 0 heterocycles. The summed E-state index contributed by atoms with van der Waals surface area (Å²) in [5, 5.41) is 0. The van der Waals surface area contributed by atoms with E-state index in [0.29, 0.717) is 0 Å². The quantitative estimate of drug-likeness (QED) is 0.620. The van der Waals surface area contributed by atoms with Gasteiger partial charge in [-0.3, -0.25) is 0 Å². The first-order valence-corrected chi connectivity index (χ1v) is 4.30. The van der Waals surface area contributed by atoms with Gasteiger partial charge in [-0.25, -0.2) is 0 Å². The molecule has 0 bridgehead atoms. The fraction of sp³-hybridized carbons (Fsp3) is 0.364. The van der Waals surface area contributed by atoms with E-state index in [1.165, 1.54) is 24.8 Å². The van der Waals surface area contributed by atoms with Crippen LogP contribution in [0.5, 0.6) is 0 Å². The van der Waals surface area contributed by atoms with Gasteiger partial charge in [-0.1, -0.05) is 36.8 Å². The normalized spacial score (nSPS) is 15.7. The Balaban J connectivity index is 0.000000336. The Bertz CT molecular complexity index is 214. The van der Waals surface area contributed by atoms with Crippen molar-refractivity contribution < 1.29 is 4.79 Å². The Hall–Kier alpha value is -1.11. The van der Waals surface area contributed by atoms with Crippen molar-refractivity contribution >= 4 is 6.79 Å². The molecular formula is C11H14O. The van der Waals surface area contributed by atoms with Gasteiger partial charge in [0.1, 0.15) is 6.79 Å². The topological polar surface area (TPSA) is 17.1 Å². The van der Waals surface area contributed by atoms with Gasteiger partial charge in [0.15, 0.2) is 0 Å². The summed E-state index contributed by atoms with van der Waals surface area (Å²) in [5.74, 6) is 0.890. The third-order valence-electron chi connectivity index (χ3n) is 2.38. The summed E-state index contributed by atoms with van der Waals surface area (Å²) in [6, 6.07) is 10.8. The van der Waals surface area contributed by atoms with Crippen LogP contribution in [0.1, 0.15) is 30.7 Å². The van der Waals surface area contributed by atoms with Crippen LogP contribution >= 0.6 is 0 Å². The molecule has 0 aliphatic heterocycles. The number of hydrogen-bond donors (Lipinski definition) is 0. The van der Waals surface area contributed by atoms with Gasteiger partial charge in [-0.2, -0.15) is 0 Å². The van der Waals surface area contributed by atoms with Crippen molar-refractivity contribution in [2.24, 2.45) is 0 Å². The Kier molecular flexibility index (Phi) is 3.52. The Labute approximate surface area is 73.4 Å². The Morgan fingerprint density at radius 3 is 2.08 bits per heavy atom. The minimum atomic E-state index is 0.890. The highest BCUT2D eigenvalue weighted by Gasteiger charge is 2.18. The summed E-state index contributed by atoms with van der Waals surface area (Å²) >= 11 is 0. The minimum absolute atomic E-state index is 0.890. The van der Waals surface area contributed by atoms with Crippen LogP contribution in [0.15, 0.2) is 30.3 Å². The standard InChI is InChI=1S/C10H12.CH2O/c1-2-5-9(6-3-1)10-7-4-8-10;1-2/h1-3,5-6,10H,4,7-8H2;1H2. The second kappa shape index (κ2) is 4.70. The predicted molar refractivity (Wildman–Crippen MR) is 50.2 cm³/mol. The molecule has 1 aromatic carbocycles. The zero-order valence-electron chi connectivity index (χ0n) is 7.20. The molecule has 0 atom stereocenters. The van der Waals surface area contributed by atoms with Gasteiger partial charge in [0.25, 0.3) is 0 Å². The molecule has 0 unspecified atom stereocenters. The van der Waals surface area contributed by atoms with Gasteiger partial charge < -0.3 is 4.79 Å². The molecule has 1 saturated carbocycles. The fourth-order valence-electron chi connectivity index (χ4n) is 1.47. The summed E-state index contributed by atoms with van der Waals surface area (Å²) in [6.07, 6.45) is 4.24. The molecule has 0 radical (unpaired) electrons. The molecule has 0 saturated heterocycles. The van der Waals surface area contributed by atoms with Crippen molar-refractivity contribution in [2.75, 3.05) is 0 Å². The van der Waals surface area contributed by atoms with E-state index in [2.05, 4.69) is 30.3 Å². The lowest BCUT2D eigenvalue weighted by Crippen LogP contribution is -2.07. The van der Waals surface area contributed by atoms with Gasteiger partial charge in [0.2, 0.25) is 0 Å². The number of benzene rings is 1. The molecular weight excluding hydrogens is 148 g/mol. The van der Waals surface area contributed by atoms with Crippen LogP contribution in [-0.2, 0) is 4.79 Å². The monoisotopic (exact) mass is 162 g/mol. The van der Waals surface area contributed by atoms with Crippen LogP contribution in [0, 0.1) is 0 Å². The first kappa shape index (κ1) is 8.98. The highest BCUT2D eigenvalue weighted by atomic mass is 16.1. The molecule has 64 valence electrons. The van der Waals surface area contributed by atoms with E-state index in [1.54, 1.807) is 0 Å². The van der Waals surface area contributed by atoms with E-state index in [9.17, 15) is 0 Å². The Morgan fingerprint density at radius 2 is 1.67 bits per heavy atom. The van der Waals surface area contributed by atoms with E-state index in [1.807, 2.05) is 6.79 Å². The molecule has 0 spiro atoms. The summed E-state index contributed by atoms with van der Waals surface area (Å²) in [4.78, 5) is 8.00. The second-order valence-corrected chi connectivity index (χ2v) is 3.04. The lowest BCUT2D eigenvalue weighted by atomic mass is 9.80. The maximum absolute atomic E-state index is 8.00. The van der Waals surface area contributed by atoms with Crippen molar-refractivity contribution in [2.45, 2.75) is 25.2 Å². The highest BCUT2D eigenvalue weighted by Crippen LogP contribution is 2.35. The first-order chi connectivity index (χ1) is 5.97. The molecule has 2 rings (SSSR count). The zero-order valence-corrected chi connectivity index (χ0v) is 7.20. The van der Waals surface area contributed by atoms with Crippen molar-refractivity contribution in [1.29, 1.82) is 0 Å². The minimum Gasteiger partial charge on any atom is -0.307 e. The highest BCUT2D eigenvalue weighted by molar-refractivity contribution is 5.20. The van der Waals surface area contributed by atoms with Crippen LogP contribution < -0.4 is 0 Å². The van der Waals surface area contributed by atoms with Crippen LogP contribution in [0.3, 0.4) is 0 Å². The second-order valence-electron chi connectivity index (χ2n) is 3.04. The molecule has 1 aliphatic carbocycles. The molecule has 1 nitrogen and oxygen atoms in total. The third-order valence-corrected chi connectivity index (χ3v) is 2.38. The fourth-order valence-corrected chi connectivity index (χ4v) is 1.47. The largest absolute Gasteiger partial charge is 0.307 e. The molecule has 0 amide bonds. The number of rotatable bonds is 1. The van der Waals surface area contributed by atoms with Gasteiger partial charge in [-0.15, -0.1) is 0 Å². The van der Waals surface area contributed by atoms with Crippen molar-refractivity contribution in [1.82, 2.24) is 0 Å². The summed E-state index contributed by atoms with van der Waals surface area (Å²) in [6.45, 7) is 2.00. The van der Waals surface area contributed by atoms with Crippen molar-refractivity contribution in [3.8, 4) is 0 Å². The van der Waals surface area contributed by atoms with E-state index in [-0.39, 0.29) is 0 Å². The van der Waals surface area contributed by atoms with Crippen molar-refractivity contribution in [3.05, 3.63) is 35.9 Å². The summed E-state index contributed by atoms with van der Waals surface area (Å²) < 4.78 is 0. The summed E-state index contributed by atoms with van der Waals surface area (Å²) in [5.41, 5.74) is 1.54. The van der Waals surface area contributed by atoms with Gasteiger partial charge in [0, 0.05) is 0 Å². The predicted octanol–water partition coefficient (Wildman–Crippen LogP) is 2.77. The molecule has 1 fully saturated rings. The van der Waals surface area contributed by atoms with Crippen LogP contribution in [0.25, 0.3) is 0 Å². The molecule has 0 aromatic heterocycles. The molecule has 0 N–H and O–H groups in total. The average molecular weight is 162 g/mol. The maximum Gasteiger partial charge on any atom is 0.106 e. The SMILES string of the molecule is C=O.c1ccc(C2CCC2)cc1. The van der Waals surface area contributed by atoms with Gasteiger partial charge >= 0.3 is 0 Å². The van der Waals surface area contributed by atoms with Gasteiger partial charge in [0.05, 0.1) is 0 Å². The molecule has 1 aliphatic rings. The van der Waals surface area contributed by atoms with Crippen LogP contribution in [0.4, 0.5) is 0 Å². The lowest BCUT2D eigenvalue weighted by Gasteiger charge is -2.25. The Morgan fingerprint density at radius 1 is 1.08 bits per heavy atom. The van der Waals surface area contributed by atoms with Gasteiger partial charge in [-0.05, 0) is 24.3 Å². The maximum atomic E-state index is 8.00. The van der Waals surface area contributed by atoms with Crippen LogP contribution in [-0.4, -0.2) is 6.79 Å². The number of carbonyl (C=O) groups excluding carboxylic acids is 1. The molecule has 1 heteroatoms. The van der Waals surface area contributed by atoms with Crippen molar-refractivity contribution in [3.63, 3.8) is 0 Å². The number of carbonyl (C=O) groups is 1. The first-order valence-electron chi connectivity index (χ1n) is 4.30. The van der Waals surface area contributed by atoms with E-state index >= 15 is 0 Å². The molecule has 12 heavy (non-hydrogen) atoms. The van der Waals surface area contributed by atoms with Crippen LogP contribution in [0.2, 0.25) is 0 Å². The third kappa shape index (κ3) is 1.94. The van der Waals surface area contributed by atoms with E-state index in [4.69, 9.17) is 4.79 Å². The van der Waals surface area contributed by atoms with E-state index < -0.39 is 0 Å². The smallest absolute Gasteiger partial charge is 0.106 e. The average Bonchev–Trinajstić information content (AvgIpc) is 2.07. The molecule has 1 aromatic rings. The van der Waals surface area contributed by atoms with E-state index in [0.717, 1.165) is 5.92 Å². The lowest BCUT2D eigenvalue weighted by molar-refractivity contribution is -0.0979.